The van der Waals surface area contributed by atoms with Gasteiger partial charge in [-0.1, -0.05) is 12.2 Å². The van der Waals surface area contributed by atoms with Gasteiger partial charge < -0.3 is 0 Å². The van der Waals surface area contributed by atoms with E-state index >= 15 is 0 Å². The lowest BCUT2D eigenvalue weighted by atomic mass is 9.91. The summed E-state index contributed by atoms with van der Waals surface area (Å²) in [6.07, 6.45) is 5.17. The molecular formula is C9H13I. The van der Waals surface area contributed by atoms with E-state index in [1.807, 2.05) is 0 Å². The second-order valence-electron chi connectivity index (χ2n) is 2.82. The number of hydrogen-bond donors (Lipinski definition) is 0. The van der Waals surface area contributed by atoms with Crippen LogP contribution in [0.4, 0.5) is 0 Å². The fourth-order valence-electron chi connectivity index (χ4n) is 1.38. The van der Waals surface area contributed by atoms with Gasteiger partial charge in [0.2, 0.25) is 0 Å². The fraction of sp³-hybridized carbons (Fsp3) is 0.556. The summed E-state index contributed by atoms with van der Waals surface area (Å²) in [7, 11) is 0. The van der Waals surface area contributed by atoms with Crippen molar-refractivity contribution in [3.05, 3.63) is 21.3 Å². The highest BCUT2D eigenvalue weighted by atomic mass is 127. The van der Waals surface area contributed by atoms with Crippen LogP contribution in [-0.2, 0) is 0 Å². The first kappa shape index (κ1) is 8.31. The first-order valence-electron chi connectivity index (χ1n) is 3.75. The molecule has 0 saturated heterocycles. The van der Waals surface area contributed by atoms with Crippen LogP contribution in [0.2, 0.25) is 0 Å². The van der Waals surface area contributed by atoms with Gasteiger partial charge in [-0.2, -0.15) is 0 Å². The van der Waals surface area contributed by atoms with Crippen LogP contribution in [0.25, 0.3) is 0 Å². The highest BCUT2D eigenvalue weighted by Crippen LogP contribution is 2.31. The van der Waals surface area contributed by atoms with E-state index in [9.17, 15) is 0 Å². The van der Waals surface area contributed by atoms with Gasteiger partial charge in [-0.05, 0) is 64.4 Å². The highest BCUT2D eigenvalue weighted by molar-refractivity contribution is 14.1. The standard InChI is InChI=1S/C9H13I/c1-7-5-3-4-6-9(7)8(2)10/h1,3-6H2,2H3/b9-8+. The van der Waals surface area contributed by atoms with Crippen molar-refractivity contribution in [1.29, 1.82) is 0 Å². The zero-order valence-electron chi connectivity index (χ0n) is 6.41. The molecule has 0 N–H and O–H groups in total. The lowest BCUT2D eigenvalue weighted by molar-refractivity contribution is 0.679. The van der Waals surface area contributed by atoms with Crippen LogP contribution in [0.15, 0.2) is 21.3 Å². The molecule has 56 valence electrons. The molecule has 0 unspecified atom stereocenters. The third kappa shape index (κ3) is 1.84. The minimum Gasteiger partial charge on any atom is -0.0955 e. The zero-order valence-corrected chi connectivity index (χ0v) is 8.57. The van der Waals surface area contributed by atoms with Crippen molar-refractivity contribution in [3.63, 3.8) is 0 Å². The molecule has 1 aliphatic carbocycles. The highest BCUT2D eigenvalue weighted by Gasteiger charge is 2.10. The average molecular weight is 248 g/mol. The molecule has 1 saturated carbocycles. The molecule has 0 aliphatic heterocycles. The SMILES string of the molecule is C=C1CCCC/C1=C(/C)I. The molecular weight excluding hydrogens is 235 g/mol. The smallest absolute Gasteiger partial charge is 0.00906 e. The Kier molecular flexibility index (Phi) is 2.96. The second-order valence-corrected chi connectivity index (χ2v) is 4.44. The van der Waals surface area contributed by atoms with E-state index in [1.54, 1.807) is 0 Å². The fourth-order valence-corrected chi connectivity index (χ4v) is 2.03. The summed E-state index contributed by atoms with van der Waals surface area (Å²) in [4.78, 5) is 0. The normalized spacial score (nSPS) is 24.8. The molecule has 0 aromatic carbocycles. The van der Waals surface area contributed by atoms with Crippen LogP contribution >= 0.6 is 22.6 Å². The first-order valence-corrected chi connectivity index (χ1v) is 4.83. The molecule has 0 aromatic rings. The number of allylic oxidation sites excluding steroid dienone is 3. The molecule has 0 spiro atoms. The van der Waals surface area contributed by atoms with E-state index < -0.39 is 0 Å². The summed E-state index contributed by atoms with van der Waals surface area (Å²) >= 11 is 2.40. The Morgan fingerprint density at radius 1 is 1.40 bits per heavy atom. The molecule has 0 nitrogen and oxygen atoms in total. The summed E-state index contributed by atoms with van der Waals surface area (Å²) in [5.74, 6) is 0. The van der Waals surface area contributed by atoms with Gasteiger partial charge in [-0.25, -0.2) is 0 Å². The summed E-state index contributed by atoms with van der Waals surface area (Å²) in [6.45, 7) is 6.23. The van der Waals surface area contributed by atoms with Gasteiger partial charge in [0.05, 0.1) is 0 Å². The third-order valence-corrected chi connectivity index (χ3v) is 2.65. The number of halogens is 1. The Bertz CT molecular complexity index is 173. The van der Waals surface area contributed by atoms with Crippen molar-refractivity contribution in [2.24, 2.45) is 0 Å². The van der Waals surface area contributed by atoms with Gasteiger partial charge >= 0.3 is 0 Å². The lowest BCUT2D eigenvalue weighted by Gasteiger charge is -2.17. The van der Waals surface area contributed by atoms with Gasteiger partial charge in [-0.15, -0.1) is 0 Å². The Morgan fingerprint density at radius 3 is 2.40 bits per heavy atom. The predicted molar refractivity (Wildman–Crippen MR) is 54.3 cm³/mol. The Hall–Kier alpha value is 0.210. The quantitative estimate of drug-likeness (QED) is 0.571. The largest absolute Gasteiger partial charge is 0.0955 e. The van der Waals surface area contributed by atoms with Crippen LogP contribution in [0, 0.1) is 0 Å². The van der Waals surface area contributed by atoms with E-state index in [1.165, 1.54) is 40.4 Å². The molecule has 0 aromatic heterocycles. The van der Waals surface area contributed by atoms with Crippen molar-refractivity contribution < 1.29 is 0 Å². The maximum atomic E-state index is 4.05. The summed E-state index contributed by atoms with van der Waals surface area (Å²) in [5.41, 5.74) is 2.89. The van der Waals surface area contributed by atoms with Crippen molar-refractivity contribution in [3.8, 4) is 0 Å². The van der Waals surface area contributed by atoms with Crippen LogP contribution in [0.3, 0.4) is 0 Å². The average Bonchev–Trinajstić information content (AvgIpc) is 1.88. The monoisotopic (exact) mass is 248 g/mol. The number of rotatable bonds is 0. The third-order valence-electron chi connectivity index (χ3n) is 2.00. The van der Waals surface area contributed by atoms with E-state index in [0.29, 0.717) is 0 Å². The lowest BCUT2D eigenvalue weighted by Crippen LogP contribution is -1.97. The van der Waals surface area contributed by atoms with Crippen LogP contribution in [-0.4, -0.2) is 0 Å². The predicted octanol–water partition coefficient (Wildman–Crippen LogP) is 3.83. The molecule has 0 heterocycles. The van der Waals surface area contributed by atoms with E-state index in [0.717, 1.165) is 0 Å². The van der Waals surface area contributed by atoms with Crippen molar-refractivity contribution >= 4 is 22.6 Å². The number of hydrogen-bond acceptors (Lipinski definition) is 0. The molecule has 1 fully saturated rings. The van der Waals surface area contributed by atoms with Gasteiger partial charge in [-0.3, -0.25) is 0 Å². The van der Waals surface area contributed by atoms with Crippen molar-refractivity contribution in [2.75, 3.05) is 0 Å². The van der Waals surface area contributed by atoms with Crippen LogP contribution in [0.5, 0.6) is 0 Å². The summed E-state index contributed by atoms with van der Waals surface area (Å²) in [5, 5.41) is 0. The maximum absolute atomic E-state index is 4.05. The molecule has 10 heavy (non-hydrogen) atoms. The topological polar surface area (TPSA) is 0 Å². The maximum Gasteiger partial charge on any atom is -0.00906 e. The van der Waals surface area contributed by atoms with Gasteiger partial charge in [0.15, 0.2) is 0 Å². The van der Waals surface area contributed by atoms with Crippen LogP contribution in [0.1, 0.15) is 32.6 Å². The minimum absolute atomic E-state index is 1.22. The molecule has 0 bridgehead atoms. The molecule has 0 atom stereocenters. The summed E-state index contributed by atoms with van der Waals surface area (Å²) < 4.78 is 1.43. The summed E-state index contributed by atoms with van der Waals surface area (Å²) in [6, 6.07) is 0. The molecule has 0 amide bonds. The second kappa shape index (κ2) is 3.56. The van der Waals surface area contributed by atoms with Gasteiger partial charge in [0.1, 0.15) is 0 Å². The van der Waals surface area contributed by atoms with Crippen LogP contribution < -0.4 is 0 Å². The Labute approximate surface area is 76.5 Å². The van der Waals surface area contributed by atoms with Crippen molar-refractivity contribution in [1.82, 2.24) is 0 Å². The van der Waals surface area contributed by atoms with Gasteiger partial charge in [0.25, 0.3) is 0 Å². The molecule has 0 radical (unpaired) electrons. The molecule has 1 aliphatic rings. The van der Waals surface area contributed by atoms with Gasteiger partial charge in [0, 0.05) is 0 Å². The Morgan fingerprint density at radius 2 is 2.00 bits per heavy atom. The van der Waals surface area contributed by atoms with E-state index in [4.69, 9.17) is 0 Å². The Balaban J connectivity index is 2.75. The van der Waals surface area contributed by atoms with Crippen molar-refractivity contribution in [2.45, 2.75) is 32.6 Å². The molecule has 1 heteroatoms. The van der Waals surface area contributed by atoms with E-state index in [-0.39, 0.29) is 0 Å². The minimum atomic E-state index is 1.22. The molecule has 1 rings (SSSR count). The van der Waals surface area contributed by atoms with E-state index in [2.05, 4.69) is 36.1 Å². The zero-order chi connectivity index (χ0) is 7.56. The first-order chi connectivity index (χ1) is 4.72.